The van der Waals surface area contributed by atoms with Gasteiger partial charge in [-0.2, -0.15) is 0 Å². The van der Waals surface area contributed by atoms with Crippen molar-refractivity contribution in [2.24, 2.45) is 0 Å². The van der Waals surface area contributed by atoms with Gasteiger partial charge in [-0.15, -0.1) is 10.2 Å². The van der Waals surface area contributed by atoms with E-state index in [1.165, 1.54) is 10.9 Å². The van der Waals surface area contributed by atoms with Crippen molar-refractivity contribution in [3.05, 3.63) is 114 Å². The van der Waals surface area contributed by atoms with Crippen molar-refractivity contribution in [2.45, 2.75) is 50.7 Å². The quantitative estimate of drug-likeness (QED) is 0.166. The first-order chi connectivity index (χ1) is 21.7. The van der Waals surface area contributed by atoms with E-state index in [0.29, 0.717) is 19.4 Å². The van der Waals surface area contributed by atoms with Gasteiger partial charge in [0.15, 0.2) is 5.82 Å². The van der Waals surface area contributed by atoms with Gasteiger partial charge in [-0.1, -0.05) is 48.5 Å². The van der Waals surface area contributed by atoms with Gasteiger partial charge < -0.3 is 29.9 Å². The number of carbonyl (C=O) groups excluding carboxylic acids is 1. The maximum atomic E-state index is 13.5. The summed E-state index contributed by atoms with van der Waals surface area (Å²) in [4.78, 5) is 20.3. The molecule has 3 aromatic carbocycles. The van der Waals surface area contributed by atoms with Gasteiger partial charge in [0.2, 0.25) is 5.91 Å². The second-order valence-corrected chi connectivity index (χ2v) is 11.5. The number of benzene rings is 3. The number of nitrogens with zero attached hydrogens (tertiary/aromatic N) is 3. The van der Waals surface area contributed by atoms with Crippen molar-refractivity contribution < 1.29 is 9.53 Å². The number of carbonyl (C=O) groups is 1. The van der Waals surface area contributed by atoms with E-state index in [2.05, 4.69) is 73.8 Å². The van der Waals surface area contributed by atoms with Crippen molar-refractivity contribution in [1.29, 1.82) is 0 Å². The first-order valence-electron chi connectivity index (χ1n) is 15.3. The number of aromatic nitrogens is 5. The SMILES string of the molecule is COc1ccc(Cn2c(CCc3c[nH]c4ccccc34)nnc2[C@H](Cc2c[nH]c3ccccc23)NC(=O)C2CCCN2)cc1. The molecule has 1 saturated heterocycles. The second kappa shape index (κ2) is 12.4. The molecule has 9 nitrogen and oxygen atoms in total. The molecule has 2 atom stereocenters. The molecule has 3 aromatic heterocycles. The molecule has 7 rings (SSSR count). The van der Waals surface area contributed by atoms with Gasteiger partial charge in [0, 0.05) is 47.0 Å². The minimum atomic E-state index is -0.364. The zero-order valence-electron chi connectivity index (χ0n) is 24.8. The number of amides is 1. The maximum absolute atomic E-state index is 13.5. The number of methoxy groups -OCH3 is 1. The Balaban J connectivity index is 1.25. The van der Waals surface area contributed by atoms with Crippen LogP contribution < -0.4 is 15.4 Å². The second-order valence-electron chi connectivity index (χ2n) is 11.5. The van der Waals surface area contributed by atoms with E-state index in [-0.39, 0.29) is 18.0 Å². The number of nitrogens with one attached hydrogen (secondary N) is 4. The van der Waals surface area contributed by atoms with Gasteiger partial charge in [-0.25, -0.2) is 0 Å². The van der Waals surface area contributed by atoms with Crippen LogP contribution in [0.25, 0.3) is 21.8 Å². The summed E-state index contributed by atoms with van der Waals surface area (Å²) in [6.07, 6.45) is 8.08. The van der Waals surface area contributed by atoms with Crippen molar-refractivity contribution in [3.63, 3.8) is 0 Å². The number of H-pyrrole nitrogens is 2. The van der Waals surface area contributed by atoms with Gasteiger partial charge >= 0.3 is 0 Å². The predicted octanol–water partition coefficient (Wildman–Crippen LogP) is 5.23. The van der Waals surface area contributed by atoms with Crippen molar-refractivity contribution in [2.75, 3.05) is 13.7 Å². The van der Waals surface area contributed by atoms with Crippen LogP contribution in [0.3, 0.4) is 0 Å². The number of rotatable bonds is 11. The molecule has 4 heterocycles. The summed E-state index contributed by atoms with van der Waals surface area (Å²) in [5.74, 6) is 2.46. The molecule has 6 aromatic rings. The average molecular weight is 588 g/mol. The molecule has 1 fully saturated rings. The molecule has 0 aliphatic carbocycles. The van der Waals surface area contributed by atoms with Gasteiger partial charge in [-0.3, -0.25) is 4.79 Å². The number of hydrogen-bond donors (Lipinski definition) is 4. The number of aryl methyl sites for hydroxylation is 2. The highest BCUT2D eigenvalue weighted by Crippen LogP contribution is 2.27. The topological polar surface area (TPSA) is 113 Å². The summed E-state index contributed by atoms with van der Waals surface area (Å²) in [5.41, 5.74) is 5.69. The van der Waals surface area contributed by atoms with Crippen LogP contribution in [0.15, 0.2) is 85.2 Å². The van der Waals surface area contributed by atoms with Gasteiger partial charge in [0.25, 0.3) is 0 Å². The zero-order valence-corrected chi connectivity index (χ0v) is 24.8. The molecule has 1 unspecified atom stereocenters. The standard InChI is InChI=1S/C35H37N7O2/c1-44-26-15-12-23(13-16-26)22-42-33(17-14-24-20-37-29-9-4-2-7-27(24)29)40-41-34(42)32(39-35(43)31-11-6-18-36-31)19-25-21-38-30-10-5-3-8-28(25)30/h2-5,7-10,12-13,15-16,20-21,31-32,36-38H,6,11,14,17-19,22H2,1H3,(H,39,43)/t31?,32-/m0/s1. The van der Waals surface area contributed by atoms with Crippen LogP contribution in [0.1, 0.15) is 47.2 Å². The molecule has 1 aliphatic rings. The van der Waals surface area contributed by atoms with E-state index < -0.39 is 0 Å². The fourth-order valence-corrected chi connectivity index (χ4v) is 6.37. The van der Waals surface area contributed by atoms with Crippen LogP contribution in [0.4, 0.5) is 0 Å². The van der Waals surface area contributed by atoms with Gasteiger partial charge in [-0.05, 0) is 66.8 Å². The molecule has 0 spiro atoms. The van der Waals surface area contributed by atoms with E-state index in [4.69, 9.17) is 14.9 Å². The minimum absolute atomic E-state index is 0.00619. The Morgan fingerprint density at radius 1 is 0.932 bits per heavy atom. The van der Waals surface area contributed by atoms with Crippen LogP contribution in [-0.2, 0) is 30.6 Å². The minimum Gasteiger partial charge on any atom is -0.497 e. The van der Waals surface area contributed by atoms with Crippen LogP contribution in [0.2, 0.25) is 0 Å². The van der Waals surface area contributed by atoms with Crippen LogP contribution in [0, 0.1) is 0 Å². The van der Waals surface area contributed by atoms with E-state index >= 15 is 0 Å². The Kier molecular flexibility index (Phi) is 7.85. The van der Waals surface area contributed by atoms with E-state index in [1.807, 2.05) is 36.5 Å². The van der Waals surface area contributed by atoms with Crippen molar-refractivity contribution >= 4 is 27.7 Å². The number of para-hydroxylation sites is 2. The molecule has 4 N–H and O–H groups in total. The lowest BCUT2D eigenvalue weighted by Crippen LogP contribution is -2.43. The lowest BCUT2D eigenvalue weighted by atomic mass is 10.0. The molecule has 0 saturated carbocycles. The zero-order chi connectivity index (χ0) is 29.9. The van der Waals surface area contributed by atoms with Crippen LogP contribution in [-0.4, -0.2) is 50.3 Å². The third-order valence-corrected chi connectivity index (χ3v) is 8.75. The molecule has 0 radical (unpaired) electrons. The summed E-state index contributed by atoms with van der Waals surface area (Å²) in [5, 5.41) is 18.6. The summed E-state index contributed by atoms with van der Waals surface area (Å²) in [6, 6.07) is 24.2. The number of ether oxygens (including phenoxy) is 1. The highest BCUT2D eigenvalue weighted by atomic mass is 16.5. The average Bonchev–Trinajstić information content (AvgIpc) is 3.88. The summed E-state index contributed by atoms with van der Waals surface area (Å²) in [6.45, 7) is 1.44. The van der Waals surface area contributed by atoms with Gasteiger partial charge in [0.1, 0.15) is 11.6 Å². The van der Waals surface area contributed by atoms with Crippen LogP contribution in [0.5, 0.6) is 5.75 Å². The molecular weight excluding hydrogens is 550 g/mol. The molecule has 224 valence electrons. The molecule has 1 amide bonds. The van der Waals surface area contributed by atoms with Crippen molar-refractivity contribution in [3.8, 4) is 5.75 Å². The van der Waals surface area contributed by atoms with E-state index in [0.717, 1.165) is 70.8 Å². The Morgan fingerprint density at radius 3 is 2.34 bits per heavy atom. The molecule has 0 bridgehead atoms. The smallest absolute Gasteiger partial charge is 0.237 e. The summed E-state index contributed by atoms with van der Waals surface area (Å²) < 4.78 is 7.59. The Hall–Kier alpha value is -4.89. The normalized spacial score (nSPS) is 15.6. The summed E-state index contributed by atoms with van der Waals surface area (Å²) in [7, 11) is 1.67. The number of aromatic amines is 2. The molecule has 44 heavy (non-hydrogen) atoms. The highest BCUT2D eigenvalue weighted by molar-refractivity contribution is 5.84. The van der Waals surface area contributed by atoms with Crippen molar-refractivity contribution in [1.82, 2.24) is 35.4 Å². The lowest BCUT2D eigenvalue weighted by Gasteiger charge is -2.22. The molecule has 1 aliphatic heterocycles. The van der Waals surface area contributed by atoms with Crippen LogP contribution >= 0.6 is 0 Å². The monoisotopic (exact) mass is 587 g/mol. The Labute approximate surface area is 256 Å². The Bertz CT molecular complexity index is 1880. The fourth-order valence-electron chi connectivity index (χ4n) is 6.37. The van der Waals surface area contributed by atoms with E-state index in [9.17, 15) is 4.79 Å². The van der Waals surface area contributed by atoms with E-state index in [1.54, 1.807) is 7.11 Å². The Morgan fingerprint density at radius 2 is 1.64 bits per heavy atom. The fraction of sp³-hybridized carbons (Fsp3) is 0.286. The predicted molar refractivity (Wildman–Crippen MR) is 172 cm³/mol. The van der Waals surface area contributed by atoms with Gasteiger partial charge in [0.05, 0.1) is 25.7 Å². The lowest BCUT2D eigenvalue weighted by molar-refractivity contribution is -0.123. The first-order valence-corrected chi connectivity index (χ1v) is 15.3. The third-order valence-electron chi connectivity index (χ3n) is 8.75. The summed E-state index contributed by atoms with van der Waals surface area (Å²) >= 11 is 0. The molecular formula is C35H37N7O2. The highest BCUT2D eigenvalue weighted by Gasteiger charge is 2.29. The molecule has 9 heteroatoms. The first kappa shape index (κ1) is 27.9. The third kappa shape index (κ3) is 5.70. The maximum Gasteiger partial charge on any atom is 0.237 e. The largest absolute Gasteiger partial charge is 0.497 e. The number of fused-ring (bicyclic) bond motifs is 2. The number of hydrogen-bond acceptors (Lipinski definition) is 5.